The number of nitrogens with zero attached hydrogens (tertiary/aromatic N) is 1. The van der Waals surface area contributed by atoms with Gasteiger partial charge in [0.2, 0.25) is 0 Å². The molecular weight excluding hydrogens is 220 g/mol. The third-order valence-electron chi connectivity index (χ3n) is 3.08. The number of benzene rings is 1. The van der Waals surface area contributed by atoms with Crippen molar-refractivity contribution in [3.8, 4) is 12.3 Å². The standard InChI is InChI=1S/C16H20N2/c1-4-11-18-12-14(9-10-17-13(2)3)15-7-5-6-8-16(15)18/h1,5-8,12-13,17H,9-11H2,2-3H3. The van der Waals surface area contributed by atoms with Gasteiger partial charge in [0.1, 0.15) is 0 Å². The number of hydrogen-bond donors (Lipinski definition) is 1. The van der Waals surface area contributed by atoms with Crippen LogP contribution in [0.5, 0.6) is 0 Å². The Hall–Kier alpha value is -1.72. The average molecular weight is 240 g/mol. The van der Waals surface area contributed by atoms with Gasteiger partial charge >= 0.3 is 0 Å². The molecule has 1 aromatic carbocycles. The summed E-state index contributed by atoms with van der Waals surface area (Å²) in [6.45, 7) is 5.98. The van der Waals surface area contributed by atoms with Crippen LogP contribution in [-0.2, 0) is 13.0 Å². The highest BCUT2D eigenvalue weighted by atomic mass is 15.0. The normalized spacial score (nSPS) is 11.0. The number of aromatic nitrogens is 1. The lowest BCUT2D eigenvalue weighted by molar-refractivity contribution is 0.591. The number of terminal acetylenes is 1. The molecule has 0 atom stereocenters. The van der Waals surface area contributed by atoms with E-state index in [0.29, 0.717) is 12.6 Å². The van der Waals surface area contributed by atoms with Crippen molar-refractivity contribution >= 4 is 10.9 Å². The molecule has 18 heavy (non-hydrogen) atoms. The zero-order valence-electron chi connectivity index (χ0n) is 11.1. The van der Waals surface area contributed by atoms with Crippen molar-refractivity contribution in [3.05, 3.63) is 36.0 Å². The van der Waals surface area contributed by atoms with E-state index in [-0.39, 0.29) is 0 Å². The van der Waals surface area contributed by atoms with Crippen LogP contribution in [0.1, 0.15) is 19.4 Å². The monoisotopic (exact) mass is 240 g/mol. The maximum Gasteiger partial charge on any atom is 0.0835 e. The Morgan fingerprint density at radius 2 is 2.11 bits per heavy atom. The van der Waals surface area contributed by atoms with Crippen molar-refractivity contribution in [2.75, 3.05) is 6.54 Å². The van der Waals surface area contributed by atoms with E-state index in [1.165, 1.54) is 16.5 Å². The average Bonchev–Trinajstić information content (AvgIpc) is 2.69. The predicted octanol–water partition coefficient (Wildman–Crippen LogP) is 2.82. The fourth-order valence-electron chi connectivity index (χ4n) is 2.25. The number of nitrogens with one attached hydrogen (secondary N) is 1. The molecular formula is C16H20N2. The quantitative estimate of drug-likeness (QED) is 0.795. The van der Waals surface area contributed by atoms with E-state index in [0.717, 1.165) is 13.0 Å². The Labute approximate surface area is 109 Å². The maximum absolute atomic E-state index is 5.42. The summed E-state index contributed by atoms with van der Waals surface area (Å²) in [5, 5.41) is 4.77. The van der Waals surface area contributed by atoms with Gasteiger partial charge in [0.25, 0.3) is 0 Å². The van der Waals surface area contributed by atoms with Gasteiger partial charge in [-0.25, -0.2) is 0 Å². The van der Waals surface area contributed by atoms with E-state index in [4.69, 9.17) is 6.42 Å². The minimum atomic E-state index is 0.532. The minimum absolute atomic E-state index is 0.532. The van der Waals surface area contributed by atoms with Crippen molar-refractivity contribution < 1.29 is 0 Å². The number of hydrogen-bond acceptors (Lipinski definition) is 1. The highest BCUT2D eigenvalue weighted by molar-refractivity contribution is 5.84. The van der Waals surface area contributed by atoms with Crippen molar-refractivity contribution in [3.63, 3.8) is 0 Å². The molecule has 0 unspecified atom stereocenters. The number of para-hydroxylation sites is 1. The molecule has 0 bridgehead atoms. The Morgan fingerprint density at radius 3 is 2.83 bits per heavy atom. The van der Waals surface area contributed by atoms with E-state index in [9.17, 15) is 0 Å². The molecule has 2 nitrogen and oxygen atoms in total. The van der Waals surface area contributed by atoms with Crippen molar-refractivity contribution in [1.29, 1.82) is 0 Å². The molecule has 2 heteroatoms. The highest BCUT2D eigenvalue weighted by Crippen LogP contribution is 2.21. The summed E-state index contributed by atoms with van der Waals surface area (Å²) < 4.78 is 2.15. The van der Waals surface area contributed by atoms with Crippen LogP contribution in [0.2, 0.25) is 0 Å². The first kappa shape index (κ1) is 12.7. The molecule has 0 saturated carbocycles. The summed E-state index contributed by atoms with van der Waals surface area (Å²) in [4.78, 5) is 0. The van der Waals surface area contributed by atoms with Crippen molar-refractivity contribution in [2.45, 2.75) is 32.9 Å². The summed E-state index contributed by atoms with van der Waals surface area (Å²) in [6, 6.07) is 8.98. The molecule has 0 amide bonds. The molecule has 0 saturated heterocycles. The molecule has 0 fully saturated rings. The first-order valence-electron chi connectivity index (χ1n) is 6.46. The van der Waals surface area contributed by atoms with E-state index in [2.05, 4.69) is 60.1 Å². The zero-order chi connectivity index (χ0) is 13.0. The van der Waals surface area contributed by atoms with Crippen LogP contribution in [0.4, 0.5) is 0 Å². The zero-order valence-corrected chi connectivity index (χ0v) is 11.1. The van der Waals surface area contributed by atoms with Gasteiger partial charge in [0, 0.05) is 23.1 Å². The molecule has 0 aliphatic carbocycles. The van der Waals surface area contributed by atoms with Crippen LogP contribution in [0.25, 0.3) is 10.9 Å². The molecule has 1 heterocycles. The van der Waals surface area contributed by atoms with Crippen molar-refractivity contribution in [2.24, 2.45) is 0 Å². The van der Waals surface area contributed by atoms with Crippen LogP contribution in [0.15, 0.2) is 30.5 Å². The van der Waals surface area contributed by atoms with Gasteiger partial charge in [0.15, 0.2) is 0 Å². The van der Waals surface area contributed by atoms with Crippen LogP contribution in [-0.4, -0.2) is 17.2 Å². The number of fused-ring (bicyclic) bond motifs is 1. The predicted molar refractivity (Wildman–Crippen MR) is 77.6 cm³/mol. The maximum atomic E-state index is 5.42. The molecule has 0 aliphatic rings. The molecule has 2 aromatic rings. The minimum Gasteiger partial charge on any atom is -0.336 e. The van der Waals surface area contributed by atoms with E-state index in [1.807, 2.05) is 0 Å². The van der Waals surface area contributed by atoms with Crippen LogP contribution in [0.3, 0.4) is 0 Å². The van der Waals surface area contributed by atoms with Crippen molar-refractivity contribution in [1.82, 2.24) is 9.88 Å². The Morgan fingerprint density at radius 1 is 1.33 bits per heavy atom. The van der Waals surface area contributed by atoms with E-state index in [1.54, 1.807) is 0 Å². The van der Waals surface area contributed by atoms with Crippen LogP contribution < -0.4 is 5.32 Å². The molecule has 94 valence electrons. The highest BCUT2D eigenvalue weighted by Gasteiger charge is 2.07. The summed E-state index contributed by atoms with van der Waals surface area (Å²) in [5.41, 5.74) is 2.60. The second-order valence-corrected chi connectivity index (χ2v) is 4.86. The lowest BCUT2D eigenvalue weighted by Crippen LogP contribution is -2.24. The number of rotatable bonds is 5. The van der Waals surface area contributed by atoms with Gasteiger partial charge < -0.3 is 9.88 Å². The van der Waals surface area contributed by atoms with Gasteiger partial charge in [0.05, 0.1) is 6.54 Å². The smallest absolute Gasteiger partial charge is 0.0835 e. The third kappa shape index (κ3) is 2.75. The van der Waals surface area contributed by atoms with Gasteiger partial charge in [-0.3, -0.25) is 0 Å². The lowest BCUT2D eigenvalue weighted by atomic mass is 10.1. The molecule has 1 N–H and O–H groups in total. The Kier molecular flexibility index (Phi) is 4.07. The van der Waals surface area contributed by atoms with Gasteiger partial charge in [-0.05, 0) is 24.6 Å². The van der Waals surface area contributed by atoms with E-state index < -0.39 is 0 Å². The molecule has 0 radical (unpaired) electrons. The second-order valence-electron chi connectivity index (χ2n) is 4.86. The van der Waals surface area contributed by atoms with Crippen LogP contribution in [0, 0.1) is 12.3 Å². The molecule has 0 aliphatic heterocycles. The van der Waals surface area contributed by atoms with Gasteiger partial charge in [-0.15, -0.1) is 6.42 Å². The fraction of sp³-hybridized carbons (Fsp3) is 0.375. The Bertz CT molecular complexity index is 558. The molecule has 2 rings (SSSR count). The second kappa shape index (κ2) is 5.75. The molecule has 0 spiro atoms. The van der Waals surface area contributed by atoms with Crippen LogP contribution >= 0.6 is 0 Å². The first-order valence-corrected chi connectivity index (χ1v) is 6.46. The third-order valence-corrected chi connectivity index (χ3v) is 3.08. The lowest BCUT2D eigenvalue weighted by Gasteiger charge is -2.06. The SMILES string of the molecule is C#CCn1cc(CCNC(C)C)c2ccccc21. The summed E-state index contributed by atoms with van der Waals surface area (Å²) >= 11 is 0. The Balaban J connectivity index is 2.25. The largest absolute Gasteiger partial charge is 0.336 e. The summed E-state index contributed by atoms with van der Waals surface area (Å²) in [6.07, 6.45) is 8.64. The van der Waals surface area contributed by atoms with Gasteiger partial charge in [-0.2, -0.15) is 0 Å². The summed E-state index contributed by atoms with van der Waals surface area (Å²) in [7, 11) is 0. The van der Waals surface area contributed by atoms with Gasteiger partial charge in [-0.1, -0.05) is 38.0 Å². The first-order chi connectivity index (χ1) is 8.72. The topological polar surface area (TPSA) is 17.0 Å². The summed E-state index contributed by atoms with van der Waals surface area (Å²) in [5.74, 6) is 2.71. The van der Waals surface area contributed by atoms with E-state index >= 15 is 0 Å². The molecule has 1 aromatic heterocycles. The fourth-order valence-corrected chi connectivity index (χ4v) is 2.25.